The van der Waals surface area contributed by atoms with Crippen LogP contribution in [0.25, 0.3) is 0 Å². The largest absolute Gasteiger partial charge is 0.313 e. The zero-order chi connectivity index (χ0) is 23.0. The van der Waals surface area contributed by atoms with Crippen molar-refractivity contribution in [1.29, 1.82) is 0 Å². The molecular weight excluding hydrogens is 432 g/mol. The lowest BCUT2D eigenvalue weighted by Gasteiger charge is -2.06. The number of terminal acetylenes is 1. The molecular formula is C22H28N2O3S2Si. The van der Waals surface area contributed by atoms with E-state index in [0.717, 1.165) is 23.1 Å². The molecule has 5 nitrogen and oxygen atoms in total. The molecule has 0 radical (unpaired) electrons. The fraction of sp³-hybridized carbons (Fsp3) is 0.227. The SMILES string of the molecule is C#Cc1ccc(NS(=C)(C)=O)cc1.C[Si](C)(C)C#Cc1ccc(NS(C)(=O)=O)cc1. The lowest BCUT2D eigenvalue weighted by Crippen LogP contribution is -2.16. The van der Waals surface area contributed by atoms with Gasteiger partial charge in [0.05, 0.1) is 6.26 Å². The summed E-state index contributed by atoms with van der Waals surface area (Å²) in [4.78, 5) is 0. The lowest BCUT2D eigenvalue weighted by atomic mass is 10.2. The third kappa shape index (κ3) is 12.0. The molecule has 2 N–H and O–H groups in total. The minimum Gasteiger partial charge on any atom is -0.313 e. The molecule has 0 spiro atoms. The maximum Gasteiger partial charge on any atom is 0.229 e. The van der Waals surface area contributed by atoms with Gasteiger partial charge in [-0.15, -0.1) is 12.0 Å². The van der Waals surface area contributed by atoms with E-state index < -0.39 is 27.8 Å². The molecule has 2 aromatic carbocycles. The van der Waals surface area contributed by atoms with Crippen LogP contribution in [0.1, 0.15) is 11.1 Å². The van der Waals surface area contributed by atoms with Crippen molar-refractivity contribution in [3.05, 3.63) is 59.7 Å². The Labute approximate surface area is 182 Å². The summed E-state index contributed by atoms with van der Waals surface area (Å²) in [6.45, 7) is 6.54. The van der Waals surface area contributed by atoms with E-state index in [9.17, 15) is 12.6 Å². The zero-order valence-electron chi connectivity index (χ0n) is 17.9. The van der Waals surface area contributed by atoms with Gasteiger partial charge in [-0.05, 0) is 54.4 Å². The Balaban J connectivity index is 0.000000311. The van der Waals surface area contributed by atoms with Crippen molar-refractivity contribution in [2.45, 2.75) is 19.6 Å². The first kappa shape index (κ1) is 25.4. The highest BCUT2D eigenvalue weighted by molar-refractivity contribution is 8.00. The van der Waals surface area contributed by atoms with E-state index in [4.69, 9.17) is 6.42 Å². The summed E-state index contributed by atoms with van der Waals surface area (Å²) in [5.74, 6) is 9.10. The van der Waals surface area contributed by atoms with Gasteiger partial charge in [-0.1, -0.05) is 31.5 Å². The first-order valence-electron chi connectivity index (χ1n) is 8.94. The minimum absolute atomic E-state index is 0.561. The smallest absolute Gasteiger partial charge is 0.229 e. The van der Waals surface area contributed by atoms with Gasteiger partial charge in [0.15, 0.2) is 0 Å². The van der Waals surface area contributed by atoms with Crippen LogP contribution in [0.4, 0.5) is 11.4 Å². The summed E-state index contributed by atoms with van der Waals surface area (Å²) in [7, 11) is -6.77. The molecule has 0 aliphatic rings. The zero-order valence-corrected chi connectivity index (χ0v) is 20.6. The van der Waals surface area contributed by atoms with Crippen LogP contribution in [-0.4, -0.2) is 39.1 Å². The Bertz CT molecular complexity index is 1160. The molecule has 0 aromatic heterocycles. The summed E-state index contributed by atoms with van der Waals surface area (Å²) < 4.78 is 38.5. The second-order valence-electron chi connectivity index (χ2n) is 7.78. The Kier molecular flexibility index (Phi) is 8.80. The van der Waals surface area contributed by atoms with Crippen LogP contribution in [0.3, 0.4) is 0 Å². The van der Waals surface area contributed by atoms with Gasteiger partial charge in [-0.2, -0.15) is 0 Å². The summed E-state index contributed by atoms with van der Waals surface area (Å²) in [5, 5.41) is 0. The number of rotatable bonds is 4. The molecule has 0 bridgehead atoms. The Morgan fingerprint density at radius 2 is 1.27 bits per heavy atom. The van der Waals surface area contributed by atoms with E-state index in [0.29, 0.717) is 5.69 Å². The molecule has 0 heterocycles. The molecule has 2 aromatic rings. The summed E-state index contributed by atoms with van der Waals surface area (Å²) in [6.07, 6.45) is 7.86. The molecule has 0 fully saturated rings. The molecule has 0 saturated carbocycles. The second-order valence-corrected chi connectivity index (χ2v) is 16.5. The average Bonchev–Trinajstić information content (AvgIpc) is 2.59. The van der Waals surface area contributed by atoms with Gasteiger partial charge in [0.25, 0.3) is 0 Å². The topological polar surface area (TPSA) is 75.3 Å². The average molecular weight is 461 g/mol. The van der Waals surface area contributed by atoms with Gasteiger partial charge >= 0.3 is 0 Å². The standard InChI is InChI=1S/C12H17NO2SSi.C10H11NOS/c1-16(14,15)13-12-7-5-11(6-8-12)9-10-17(2,3)4;1-4-9-5-7-10(8-6-9)11-13(2,3)12/h5-8,13H,1-4H3;1,5-8H,2H2,3H3,(H,11,12). The highest BCUT2D eigenvalue weighted by Gasteiger charge is 2.07. The predicted molar refractivity (Wildman–Crippen MR) is 134 cm³/mol. The highest BCUT2D eigenvalue weighted by Crippen LogP contribution is 2.11. The Hall–Kier alpha value is -2.65. The number of hydrogen-bond donors (Lipinski definition) is 2. The van der Waals surface area contributed by atoms with E-state index in [1.807, 2.05) is 12.1 Å². The fourth-order valence-electron chi connectivity index (χ4n) is 1.98. The van der Waals surface area contributed by atoms with E-state index >= 15 is 0 Å². The second kappa shape index (κ2) is 10.4. The van der Waals surface area contributed by atoms with Crippen LogP contribution >= 0.6 is 0 Å². The Morgan fingerprint density at radius 1 is 0.833 bits per heavy atom. The lowest BCUT2D eigenvalue weighted by molar-refractivity contribution is 0.607. The third-order valence-corrected chi connectivity index (χ3v) is 5.30. The van der Waals surface area contributed by atoms with Gasteiger partial charge in [0.2, 0.25) is 10.0 Å². The highest BCUT2D eigenvalue weighted by atomic mass is 32.2. The predicted octanol–water partition coefficient (Wildman–Crippen LogP) is 3.63. The van der Waals surface area contributed by atoms with E-state index in [1.54, 1.807) is 42.7 Å². The summed E-state index contributed by atoms with van der Waals surface area (Å²) >= 11 is 0. The van der Waals surface area contributed by atoms with Crippen LogP contribution in [-0.2, 0) is 19.7 Å². The first-order valence-corrected chi connectivity index (χ1v) is 16.5. The number of hydrogen-bond acceptors (Lipinski definition) is 3. The van der Waals surface area contributed by atoms with Crippen LogP contribution in [0.15, 0.2) is 48.5 Å². The summed E-state index contributed by atoms with van der Waals surface area (Å²) in [5.41, 5.74) is 6.29. The molecule has 0 amide bonds. The molecule has 0 saturated heterocycles. The summed E-state index contributed by atoms with van der Waals surface area (Å²) in [6, 6.07) is 14.2. The number of nitrogens with one attached hydrogen (secondary N) is 2. The molecule has 1 atom stereocenters. The maximum absolute atomic E-state index is 11.2. The van der Waals surface area contributed by atoms with Crippen LogP contribution in [0.5, 0.6) is 0 Å². The van der Waals surface area contributed by atoms with Crippen LogP contribution in [0, 0.1) is 23.8 Å². The molecule has 2 rings (SSSR count). The van der Waals surface area contributed by atoms with Crippen molar-refractivity contribution in [2.24, 2.45) is 0 Å². The molecule has 1 unspecified atom stereocenters. The Morgan fingerprint density at radius 3 is 1.63 bits per heavy atom. The molecule has 160 valence electrons. The molecule has 0 aliphatic heterocycles. The first-order chi connectivity index (χ1) is 13.7. The van der Waals surface area contributed by atoms with Gasteiger partial charge in [-0.3, -0.25) is 4.72 Å². The van der Waals surface area contributed by atoms with E-state index in [1.165, 1.54) is 0 Å². The number of sulfonamides is 1. The van der Waals surface area contributed by atoms with Crippen molar-refractivity contribution >= 4 is 45.1 Å². The van der Waals surface area contributed by atoms with Crippen LogP contribution in [0.2, 0.25) is 19.6 Å². The van der Waals surface area contributed by atoms with E-state index in [-0.39, 0.29) is 0 Å². The quantitative estimate of drug-likeness (QED) is 0.416. The number of benzene rings is 2. The van der Waals surface area contributed by atoms with Crippen LogP contribution < -0.4 is 9.44 Å². The van der Waals surface area contributed by atoms with Gasteiger partial charge < -0.3 is 4.72 Å². The van der Waals surface area contributed by atoms with Gasteiger partial charge in [0, 0.05) is 38.5 Å². The fourth-order valence-corrected chi connectivity index (χ4v) is 3.70. The maximum atomic E-state index is 11.2. The van der Waals surface area contributed by atoms with Crippen molar-refractivity contribution < 1.29 is 12.6 Å². The minimum atomic E-state index is -3.20. The van der Waals surface area contributed by atoms with Crippen molar-refractivity contribution in [3.8, 4) is 23.8 Å². The van der Waals surface area contributed by atoms with Crippen molar-refractivity contribution in [3.63, 3.8) is 0 Å². The van der Waals surface area contributed by atoms with Crippen molar-refractivity contribution in [1.82, 2.24) is 0 Å². The third-order valence-electron chi connectivity index (χ3n) is 3.16. The molecule has 8 heteroatoms. The normalized spacial score (nSPS) is 12.7. The van der Waals surface area contributed by atoms with Gasteiger partial charge in [0.1, 0.15) is 8.07 Å². The van der Waals surface area contributed by atoms with E-state index in [2.05, 4.69) is 52.3 Å². The van der Waals surface area contributed by atoms with Crippen molar-refractivity contribution in [2.75, 3.05) is 22.0 Å². The monoisotopic (exact) mass is 460 g/mol. The molecule has 30 heavy (non-hydrogen) atoms. The van der Waals surface area contributed by atoms with Gasteiger partial charge in [-0.25, -0.2) is 12.6 Å². The molecule has 0 aliphatic carbocycles. The number of anilines is 2.